The molecule has 0 unspecified atom stereocenters. The fraction of sp³-hybridized carbons (Fsp3) is 0. The van der Waals surface area contributed by atoms with Crippen LogP contribution < -0.4 is 5.32 Å². The molecule has 1 heterocycles. The first kappa shape index (κ1) is 17.9. The molecule has 138 valence electrons. The standard InChI is InChI=1S/C21H13ClFN3O2/c22-15-6-3-7-17(19(15)23)26-21(28)14-5-2-1-4-13(14)20(27)12-8-9-16-18(10-12)25-11-24-16/h1-11H,(H,24,25)(H,26,28). The summed E-state index contributed by atoms with van der Waals surface area (Å²) >= 11 is 5.75. The van der Waals surface area contributed by atoms with Crippen LogP contribution in [0.3, 0.4) is 0 Å². The number of benzene rings is 3. The van der Waals surface area contributed by atoms with Gasteiger partial charge in [0.15, 0.2) is 11.6 Å². The number of imidazole rings is 1. The number of anilines is 1. The summed E-state index contributed by atoms with van der Waals surface area (Å²) in [7, 11) is 0. The monoisotopic (exact) mass is 393 g/mol. The van der Waals surface area contributed by atoms with E-state index in [1.54, 1.807) is 42.7 Å². The molecule has 0 aliphatic heterocycles. The lowest BCUT2D eigenvalue weighted by Crippen LogP contribution is -2.17. The number of fused-ring (bicyclic) bond motifs is 1. The summed E-state index contributed by atoms with van der Waals surface area (Å²) in [5, 5.41) is 2.37. The fourth-order valence-corrected chi connectivity index (χ4v) is 3.08. The van der Waals surface area contributed by atoms with Gasteiger partial charge in [-0.1, -0.05) is 35.9 Å². The van der Waals surface area contributed by atoms with Crippen molar-refractivity contribution in [2.45, 2.75) is 0 Å². The van der Waals surface area contributed by atoms with Crippen molar-refractivity contribution in [3.63, 3.8) is 0 Å². The summed E-state index contributed by atoms with van der Waals surface area (Å²) in [6.07, 6.45) is 1.54. The summed E-state index contributed by atoms with van der Waals surface area (Å²) in [5.41, 5.74) is 2.15. The number of carbonyl (C=O) groups excluding carboxylic acids is 2. The molecule has 0 fully saturated rings. The number of nitrogens with one attached hydrogen (secondary N) is 2. The highest BCUT2D eigenvalue weighted by Gasteiger charge is 2.20. The average Bonchev–Trinajstić information content (AvgIpc) is 3.18. The zero-order chi connectivity index (χ0) is 19.7. The van der Waals surface area contributed by atoms with Crippen LogP contribution in [-0.2, 0) is 0 Å². The first-order valence-corrected chi connectivity index (χ1v) is 8.74. The van der Waals surface area contributed by atoms with Crippen LogP contribution in [0.5, 0.6) is 0 Å². The van der Waals surface area contributed by atoms with Crippen molar-refractivity contribution >= 4 is 40.0 Å². The largest absolute Gasteiger partial charge is 0.345 e. The lowest BCUT2D eigenvalue weighted by Gasteiger charge is -2.11. The Morgan fingerprint density at radius 2 is 1.79 bits per heavy atom. The second-order valence-corrected chi connectivity index (χ2v) is 6.47. The second-order valence-electron chi connectivity index (χ2n) is 6.06. The zero-order valence-electron chi connectivity index (χ0n) is 14.4. The number of aromatic amines is 1. The Balaban J connectivity index is 1.68. The molecular formula is C21H13ClFN3O2. The Morgan fingerprint density at radius 3 is 2.61 bits per heavy atom. The normalized spacial score (nSPS) is 10.8. The van der Waals surface area contributed by atoms with Gasteiger partial charge in [-0.05, 0) is 36.4 Å². The van der Waals surface area contributed by atoms with Gasteiger partial charge in [0, 0.05) is 11.1 Å². The summed E-state index contributed by atoms with van der Waals surface area (Å²) in [6.45, 7) is 0. The summed E-state index contributed by atoms with van der Waals surface area (Å²) in [6, 6.07) is 15.7. The van der Waals surface area contributed by atoms with Crippen LogP contribution in [0.15, 0.2) is 67.0 Å². The molecule has 2 N–H and O–H groups in total. The molecule has 1 aromatic heterocycles. The third-order valence-electron chi connectivity index (χ3n) is 4.30. The Labute approximate surface area is 164 Å². The predicted octanol–water partition coefficient (Wildman–Crippen LogP) is 4.84. The summed E-state index contributed by atoms with van der Waals surface area (Å²) in [4.78, 5) is 32.8. The second kappa shape index (κ2) is 7.25. The van der Waals surface area contributed by atoms with E-state index in [4.69, 9.17) is 11.6 Å². The molecule has 0 bridgehead atoms. The van der Waals surface area contributed by atoms with Crippen LogP contribution in [0.25, 0.3) is 11.0 Å². The van der Waals surface area contributed by atoms with Gasteiger partial charge in [0.1, 0.15) is 0 Å². The van der Waals surface area contributed by atoms with Gasteiger partial charge in [-0.2, -0.15) is 0 Å². The van der Waals surface area contributed by atoms with Gasteiger partial charge < -0.3 is 10.3 Å². The number of amides is 1. The minimum absolute atomic E-state index is 0.0568. The Bertz CT molecular complexity index is 1220. The highest BCUT2D eigenvalue weighted by Crippen LogP contribution is 2.24. The predicted molar refractivity (Wildman–Crippen MR) is 105 cm³/mol. The van der Waals surface area contributed by atoms with Gasteiger partial charge in [0.05, 0.1) is 33.6 Å². The Morgan fingerprint density at radius 1 is 1.00 bits per heavy atom. The van der Waals surface area contributed by atoms with E-state index in [-0.39, 0.29) is 27.6 Å². The van der Waals surface area contributed by atoms with Crippen LogP contribution in [0.2, 0.25) is 5.02 Å². The molecule has 0 saturated carbocycles. The van der Waals surface area contributed by atoms with Crippen molar-refractivity contribution < 1.29 is 14.0 Å². The van der Waals surface area contributed by atoms with Crippen molar-refractivity contribution in [1.82, 2.24) is 9.97 Å². The number of hydrogen-bond acceptors (Lipinski definition) is 3. The van der Waals surface area contributed by atoms with Crippen LogP contribution in [-0.4, -0.2) is 21.7 Å². The molecule has 0 atom stereocenters. The van der Waals surface area contributed by atoms with Crippen molar-refractivity contribution in [1.29, 1.82) is 0 Å². The highest BCUT2D eigenvalue weighted by atomic mass is 35.5. The number of rotatable bonds is 4. The maximum Gasteiger partial charge on any atom is 0.256 e. The number of carbonyl (C=O) groups is 2. The van der Waals surface area contributed by atoms with Crippen molar-refractivity contribution in [3.8, 4) is 0 Å². The van der Waals surface area contributed by atoms with Crippen LogP contribution in [0.4, 0.5) is 10.1 Å². The van der Waals surface area contributed by atoms with Gasteiger partial charge in [0.25, 0.3) is 5.91 Å². The number of aromatic nitrogens is 2. The summed E-state index contributed by atoms with van der Waals surface area (Å²) in [5.74, 6) is -1.66. The lowest BCUT2D eigenvalue weighted by atomic mass is 9.97. The minimum Gasteiger partial charge on any atom is -0.345 e. The highest BCUT2D eigenvalue weighted by molar-refractivity contribution is 6.31. The van der Waals surface area contributed by atoms with E-state index >= 15 is 0 Å². The number of hydrogen-bond donors (Lipinski definition) is 2. The van der Waals surface area contributed by atoms with Crippen LogP contribution in [0, 0.1) is 5.82 Å². The molecule has 28 heavy (non-hydrogen) atoms. The van der Waals surface area contributed by atoms with E-state index in [1.165, 1.54) is 24.3 Å². The Hall–Kier alpha value is -3.51. The van der Waals surface area contributed by atoms with Crippen LogP contribution in [0.1, 0.15) is 26.3 Å². The first-order chi connectivity index (χ1) is 13.5. The molecule has 5 nitrogen and oxygen atoms in total. The molecule has 0 spiro atoms. The molecule has 3 aromatic carbocycles. The fourth-order valence-electron chi connectivity index (χ4n) is 2.90. The molecule has 1 amide bonds. The van der Waals surface area contributed by atoms with Gasteiger partial charge >= 0.3 is 0 Å². The molecule has 0 aliphatic carbocycles. The number of halogens is 2. The van der Waals surface area contributed by atoms with Crippen molar-refractivity contribution in [2.75, 3.05) is 5.32 Å². The number of ketones is 1. The maximum atomic E-state index is 14.1. The molecule has 4 rings (SSSR count). The summed E-state index contributed by atoms with van der Waals surface area (Å²) < 4.78 is 14.1. The maximum absolute atomic E-state index is 14.1. The molecule has 7 heteroatoms. The van der Waals surface area contributed by atoms with E-state index in [1.807, 2.05) is 0 Å². The molecule has 0 aliphatic rings. The van der Waals surface area contributed by atoms with Crippen molar-refractivity contribution in [2.24, 2.45) is 0 Å². The lowest BCUT2D eigenvalue weighted by molar-refractivity contribution is 0.0996. The van der Waals surface area contributed by atoms with Gasteiger partial charge in [-0.25, -0.2) is 9.37 Å². The SMILES string of the molecule is O=C(Nc1cccc(Cl)c1F)c1ccccc1C(=O)c1ccc2nc[nH]c2c1. The van der Waals surface area contributed by atoms with E-state index < -0.39 is 11.7 Å². The quantitative estimate of drug-likeness (QED) is 0.487. The van der Waals surface area contributed by atoms with E-state index in [2.05, 4.69) is 15.3 Å². The van der Waals surface area contributed by atoms with Gasteiger partial charge in [0.2, 0.25) is 0 Å². The van der Waals surface area contributed by atoms with E-state index in [0.717, 1.165) is 5.52 Å². The van der Waals surface area contributed by atoms with Gasteiger partial charge in [-0.15, -0.1) is 0 Å². The Kier molecular flexibility index (Phi) is 4.63. The third-order valence-corrected chi connectivity index (χ3v) is 4.59. The molecule has 0 saturated heterocycles. The van der Waals surface area contributed by atoms with E-state index in [0.29, 0.717) is 11.1 Å². The first-order valence-electron chi connectivity index (χ1n) is 8.37. The molecule has 4 aromatic rings. The average molecular weight is 394 g/mol. The van der Waals surface area contributed by atoms with E-state index in [9.17, 15) is 14.0 Å². The van der Waals surface area contributed by atoms with Gasteiger partial charge in [-0.3, -0.25) is 9.59 Å². The van der Waals surface area contributed by atoms with Crippen LogP contribution >= 0.6 is 11.6 Å². The smallest absolute Gasteiger partial charge is 0.256 e. The minimum atomic E-state index is -0.731. The number of H-pyrrole nitrogens is 1. The molecular weight excluding hydrogens is 381 g/mol. The third kappa shape index (κ3) is 3.25. The molecule has 0 radical (unpaired) electrons. The number of nitrogens with zero attached hydrogens (tertiary/aromatic N) is 1. The van der Waals surface area contributed by atoms with Crippen molar-refractivity contribution in [3.05, 3.63) is 94.5 Å². The topological polar surface area (TPSA) is 74.8 Å². The zero-order valence-corrected chi connectivity index (χ0v) is 15.1.